The third-order valence-electron chi connectivity index (χ3n) is 3.77. The van der Waals surface area contributed by atoms with Crippen LogP contribution < -0.4 is 14.8 Å². The summed E-state index contributed by atoms with van der Waals surface area (Å²) in [6.07, 6.45) is 0. The second kappa shape index (κ2) is 6.70. The van der Waals surface area contributed by atoms with Crippen LogP contribution in [0.4, 0.5) is 5.13 Å². The molecule has 0 saturated heterocycles. The van der Waals surface area contributed by atoms with Gasteiger partial charge in [0.1, 0.15) is 13.2 Å². The van der Waals surface area contributed by atoms with Crippen molar-refractivity contribution in [1.29, 1.82) is 0 Å². The highest BCUT2D eigenvalue weighted by Gasteiger charge is 2.16. The van der Waals surface area contributed by atoms with Crippen LogP contribution in [0.3, 0.4) is 0 Å². The number of anilines is 1. The maximum absolute atomic E-state index is 12.5. The van der Waals surface area contributed by atoms with Gasteiger partial charge in [0.2, 0.25) is 0 Å². The van der Waals surface area contributed by atoms with Gasteiger partial charge < -0.3 is 14.2 Å². The Morgan fingerprint density at radius 1 is 1.24 bits per heavy atom. The summed E-state index contributed by atoms with van der Waals surface area (Å²) >= 11 is 1.40. The minimum atomic E-state index is -0.200. The number of hydrogen-bond donors (Lipinski definition) is 1. The number of benzene rings is 2. The molecule has 1 aromatic heterocycles. The number of carbonyl (C=O) groups is 1. The fourth-order valence-corrected chi connectivity index (χ4v) is 3.53. The molecule has 3 aromatic rings. The van der Waals surface area contributed by atoms with E-state index in [0.717, 1.165) is 15.8 Å². The Morgan fingerprint density at radius 3 is 2.84 bits per heavy atom. The third-order valence-corrected chi connectivity index (χ3v) is 4.71. The number of ether oxygens (including phenoxy) is 3. The summed E-state index contributed by atoms with van der Waals surface area (Å²) in [6.45, 7) is 1.54. The highest BCUT2D eigenvalue weighted by molar-refractivity contribution is 7.22. The molecule has 1 amide bonds. The van der Waals surface area contributed by atoms with E-state index in [0.29, 0.717) is 42.0 Å². The van der Waals surface area contributed by atoms with Crippen LogP contribution in [0, 0.1) is 0 Å². The number of methoxy groups -OCH3 is 1. The molecule has 2 aromatic carbocycles. The number of carbonyl (C=O) groups excluding carboxylic acids is 1. The normalized spacial score (nSPS) is 13.0. The zero-order chi connectivity index (χ0) is 17.2. The first-order valence-corrected chi connectivity index (χ1v) is 8.64. The lowest BCUT2D eigenvalue weighted by atomic mass is 10.1. The van der Waals surface area contributed by atoms with Gasteiger partial charge in [-0.15, -0.1) is 0 Å². The highest BCUT2D eigenvalue weighted by Crippen LogP contribution is 2.37. The summed E-state index contributed by atoms with van der Waals surface area (Å²) in [5, 5.41) is 3.39. The lowest BCUT2D eigenvalue weighted by molar-refractivity contribution is 0.102. The van der Waals surface area contributed by atoms with Gasteiger partial charge in [-0.05, 0) is 17.7 Å². The molecule has 6 nitrogen and oxygen atoms in total. The molecule has 25 heavy (non-hydrogen) atoms. The number of hydrogen-bond acceptors (Lipinski definition) is 6. The first-order chi connectivity index (χ1) is 12.2. The maximum Gasteiger partial charge on any atom is 0.257 e. The molecule has 0 fully saturated rings. The number of nitrogens with zero attached hydrogens (tertiary/aromatic N) is 1. The Labute approximate surface area is 148 Å². The van der Waals surface area contributed by atoms with Crippen molar-refractivity contribution in [3.63, 3.8) is 0 Å². The first kappa shape index (κ1) is 15.9. The van der Waals surface area contributed by atoms with Crippen molar-refractivity contribution in [2.24, 2.45) is 0 Å². The number of amides is 1. The molecule has 7 heteroatoms. The van der Waals surface area contributed by atoms with E-state index in [2.05, 4.69) is 10.3 Å². The standard InChI is InChI=1S/C18H16N2O4S/c1-22-10-11-3-2-4-12(7-11)17(21)20-18-19-13-8-14-15(9-16(13)25-18)24-6-5-23-14/h2-4,7-9H,5-6,10H2,1H3,(H,19,20,21). The topological polar surface area (TPSA) is 69.7 Å². The van der Waals surface area contributed by atoms with Gasteiger partial charge in [-0.25, -0.2) is 4.98 Å². The summed E-state index contributed by atoms with van der Waals surface area (Å²) in [6, 6.07) is 11.1. The summed E-state index contributed by atoms with van der Waals surface area (Å²) in [7, 11) is 1.63. The Balaban J connectivity index is 1.57. The molecule has 1 aliphatic heterocycles. The largest absolute Gasteiger partial charge is 0.486 e. The smallest absolute Gasteiger partial charge is 0.257 e. The van der Waals surface area contributed by atoms with E-state index in [9.17, 15) is 4.79 Å². The second-order valence-electron chi connectivity index (χ2n) is 5.57. The monoisotopic (exact) mass is 356 g/mol. The van der Waals surface area contributed by atoms with Crippen molar-refractivity contribution < 1.29 is 19.0 Å². The van der Waals surface area contributed by atoms with Gasteiger partial charge in [-0.1, -0.05) is 23.5 Å². The molecule has 1 N–H and O–H groups in total. The molecular weight excluding hydrogens is 340 g/mol. The van der Waals surface area contributed by atoms with Gasteiger partial charge >= 0.3 is 0 Å². The minimum Gasteiger partial charge on any atom is -0.486 e. The average Bonchev–Trinajstić information content (AvgIpc) is 3.01. The van der Waals surface area contributed by atoms with Crippen LogP contribution in [0.25, 0.3) is 10.2 Å². The molecule has 128 valence electrons. The number of rotatable bonds is 4. The summed E-state index contributed by atoms with van der Waals surface area (Å²) in [4.78, 5) is 16.9. The SMILES string of the molecule is COCc1cccc(C(=O)Nc2nc3cc4c(cc3s2)OCCO4)c1. The van der Waals surface area contributed by atoms with Crippen LogP contribution >= 0.6 is 11.3 Å². The van der Waals surface area contributed by atoms with Crippen molar-refractivity contribution in [3.05, 3.63) is 47.5 Å². The van der Waals surface area contributed by atoms with Crippen LogP contribution in [0.5, 0.6) is 11.5 Å². The first-order valence-electron chi connectivity index (χ1n) is 7.82. The fourth-order valence-electron chi connectivity index (χ4n) is 2.66. The summed E-state index contributed by atoms with van der Waals surface area (Å²) < 4.78 is 17.2. The highest BCUT2D eigenvalue weighted by atomic mass is 32.1. The molecule has 0 spiro atoms. The van der Waals surface area contributed by atoms with Gasteiger partial charge in [0.15, 0.2) is 16.6 Å². The van der Waals surface area contributed by atoms with E-state index >= 15 is 0 Å². The zero-order valence-corrected chi connectivity index (χ0v) is 14.4. The van der Waals surface area contributed by atoms with Crippen LogP contribution in [-0.2, 0) is 11.3 Å². The van der Waals surface area contributed by atoms with Gasteiger partial charge in [0.05, 0.1) is 16.8 Å². The molecule has 0 radical (unpaired) electrons. The molecule has 0 bridgehead atoms. The maximum atomic E-state index is 12.5. The van der Waals surface area contributed by atoms with Gasteiger partial charge in [-0.3, -0.25) is 10.1 Å². The predicted molar refractivity (Wildman–Crippen MR) is 95.7 cm³/mol. The van der Waals surface area contributed by atoms with Crippen LogP contribution in [-0.4, -0.2) is 31.2 Å². The summed E-state index contributed by atoms with van der Waals surface area (Å²) in [5.74, 6) is 1.20. The van der Waals surface area contributed by atoms with E-state index in [-0.39, 0.29) is 5.91 Å². The lowest BCUT2D eigenvalue weighted by Gasteiger charge is -2.17. The number of aromatic nitrogens is 1. The van der Waals surface area contributed by atoms with Crippen LogP contribution in [0.2, 0.25) is 0 Å². The quantitative estimate of drug-likeness (QED) is 0.775. The van der Waals surface area contributed by atoms with Gasteiger partial charge in [-0.2, -0.15) is 0 Å². The second-order valence-corrected chi connectivity index (χ2v) is 6.60. The predicted octanol–water partition coefficient (Wildman–Crippen LogP) is 3.47. The molecule has 0 unspecified atom stereocenters. The summed E-state index contributed by atoms with van der Waals surface area (Å²) in [5.41, 5.74) is 2.29. The molecule has 1 aliphatic rings. The van der Waals surface area contributed by atoms with E-state index in [1.807, 2.05) is 30.3 Å². The van der Waals surface area contributed by atoms with Crippen LogP contribution in [0.15, 0.2) is 36.4 Å². The van der Waals surface area contributed by atoms with Crippen molar-refractivity contribution in [3.8, 4) is 11.5 Å². The zero-order valence-electron chi connectivity index (χ0n) is 13.6. The van der Waals surface area contributed by atoms with Crippen LogP contribution in [0.1, 0.15) is 15.9 Å². The van der Waals surface area contributed by atoms with E-state index in [4.69, 9.17) is 14.2 Å². The van der Waals surface area contributed by atoms with Gasteiger partial charge in [0.25, 0.3) is 5.91 Å². The Bertz CT molecular complexity index is 895. The van der Waals surface area contributed by atoms with E-state index < -0.39 is 0 Å². The number of thiazole rings is 1. The lowest BCUT2D eigenvalue weighted by Crippen LogP contribution is -2.15. The number of fused-ring (bicyclic) bond motifs is 2. The minimum absolute atomic E-state index is 0.200. The fraction of sp³-hybridized carbons (Fsp3) is 0.222. The molecular formula is C18H16N2O4S. The molecule has 0 aliphatic carbocycles. The number of nitrogens with one attached hydrogen (secondary N) is 1. The van der Waals surface area contributed by atoms with E-state index in [1.165, 1.54) is 11.3 Å². The van der Waals surface area contributed by atoms with E-state index in [1.54, 1.807) is 13.2 Å². The molecule has 0 atom stereocenters. The van der Waals surface area contributed by atoms with Gasteiger partial charge in [0, 0.05) is 24.8 Å². The average molecular weight is 356 g/mol. The molecule has 0 saturated carbocycles. The Morgan fingerprint density at radius 2 is 2.04 bits per heavy atom. The van der Waals surface area contributed by atoms with Crippen molar-refractivity contribution >= 4 is 32.6 Å². The Hall–Kier alpha value is -2.64. The van der Waals surface area contributed by atoms with Crippen molar-refractivity contribution in [1.82, 2.24) is 4.98 Å². The third kappa shape index (κ3) is 3.29. The van der Waals surface area contributed by atoms with Crippen molar-refractivity contribution in [2.75, 3.05) is 25.6 Å². The Kier molecular flexibility index (Phi) is 4.25. The molecule has 2 heterocycles. The molecule has 4 rings (SSSR count). The van der Waals surface area contributed by atoms with Crippen molar-refractivity contribution in [2.45, 2.75) is 6.61 Å².